The Morgan fingerprint density at radius 2 is 1.27 bits per heavy atom. The molecule has 9 heteroatoms. The van der Waals surface area contributed by atoms with Crippen molar-refractivity contribution in [2.75, 3.05) is 13.2 Å². The molecule has 0 aliphatic carbocycles. The molecule has 0 bridgehead atoms. The minimum Gasteiger partial charge on any atom is -0.348 e. The fraction of sp³-hybridized carbons (Fsp3) is 0.710. The number of carbonyl (C=O) groups is 3. The molecule has 40 heavy (non-hydrogen) atoms. The van der Waals surface area contributed by atoms with E-state index in [1.807, 2.05) is 6.92 Å². The Kier molecular flexibility index (Phi) is 17.6. The first-order valence-corrected chi connectivity index (χ1v) is 16.5. The van der Waals surface area contributed by atoms with E-state index in [2.05, 4.69) is 6.92 Å². The first kappa shape index (κ1) is 34.1. The van der Waals surface area contributed by atoms with Crippen LogP contribution >= 0.6 is 8.25 Å². The number of imide groups is 1. The van der Waals surface area contributed by atoms with Gasteiger partial charge in [0.1, 0.15) is 0 Å². The summed E-state index contributed by atoms with van der Waals surface area (Å²) in [5.41, 5.74) is 0.734. The Bertz CT molecular complexity index is 888. The average molecular weight is 579 g/mol. The second kappa shape index (κ2) is 20.7. The summed E-state index contributed by atoms with van der Waals surface area (Å²) in [7, 11) is -2.66. The van der Waals surface area contributed by atoms with E-state index in [-0.39, 0.29) is 31.2 Å². The SMILES string of the molecule is CCCCCCCCCCCCCCCCOC(CC)O[P+](=O)OC(=O)CCCN1C(=O)c2ccccc2C1=O. The van der Waals surface area contributed by atoms with E-state index in [9.17, 15) is 18.9 Å². The van der Waals surface area contributed by atoms with Gasteiger partial charge in [-0.05, 0) is 25.0 Å². The summed E-state index contributed by atoms with van der Waals surface area (Å²) in [6.07, 6.45) is 17.9. The Hall–Kier alpha value is -2.15. The van der Waals surface area contributed by atoms with E-state index < -0.39 is 20.5 Å². The zero-order chi connectivity index (χ0) is 29.0. The lowest BCUT2D eigenvalue weighted by molar-refractivity contribution is -0.136. The van der Waals surface area contributed by atoms with Gasteiger partial charge in [0, 0.05) is 24.1 Å². The van der Waals surface area contributed by atoms with Gasteiger partial charge < -0.3 is 4.74 Å². The Labute approximate surface area is 241 Å². The highest BCUT2D eigenvalue weighted by atomic mass is 31.1. The third kappa shape index (κ3) is 13.0. The molecule has 0 spiro atoms. The quantitative estimate of drug-likeness (QED) is 0.0525. The molecule has 1 aliphatic rings. The molecule has 8 nitrogen and oxygen atoms in total. The van der Waals surface area contributed by atoms with Crippen LogP contribution in [0.2, 0.25) is 0 Å². The van der Waals surface area contributed by atoms with E-state index in [0.29, 0.717) is 24.2 Å². The van der Waals surface area contributed by atoms with Crippen LogP contribution < -0.4 is 0 Å². The van der Waals surface area contributed by atoms with Crippen LogP contribution in [0.1, 0.15) is 144 Å². The number of rotatable bonds is 24. The molecule has 0 aromatic heterocycles. The number of ether oxygens (including phenoxy) is 1. The average Bonchev–Trinajstić information content (AvgIpc) is 3.19. The molecule has 0 saturated carbocycles. The maximum Gasteiger partial charge on any atom is 0.755 e. The number of amides is 2. The lowest BCUT2D eigenvalue weighted by atomic mass is 10.0. The second-order valence-corrected chi connectivity index (χ2v) is 11.3. The van der Waals surface area contributed by atoms with Crippen molar-refractivity contribution < 1.29 is 32.7 Å². The number of hydrogen-bond acceptors (Lipinski definition) is 7. The molecule has 0 N–H and O–H groups in total. The maximum atomic E-state index is 12.4. The van der Waals surface area contributed by atoms with E-state index in [1.54, 1.807) is 24.3 Å². The van der Waals surface area contributed by atoms with Crippen molar-refractivity contribution >= 4 is 26.0 Å². The molecule has 0 radical (unpaired) electrons. The lowest BCUT2D eigenvalue weighted by Crippen LogP contribution is -2.31. The molecule has 2 unspecified atom stereocenters. The van der Waals surface area contributed by atoms with E-state index >= 15 is 0 Å². The van der Waals surface area contributed by atoms with Crippen molar-refractivity contribution in [3.05, 3.63) is 35.4 Å². The zero-order valence-corrected chi connectivity index (χ0v) is 25.5. The van der Waals surface area contributed by atoms with Gasteiger partial charge in [-0.15, -0.1) is 0 Å². The van der Waals surface area contributed by atoms with E-state index in [4.69, 9.17) is 13.8 Å². The highest BCUT2D eigenvalue weighted by molar-refractivity contribution is 7.34. The van der Waals surface area contributed by atoms with Gasteiger partial charge in [0.25, 0.3) is 11.8 Å². The van der Waals surface area contributed by atoms with E-state index in [0.717, 1.165) is 17.7 Å². The van der Waals surface area contributed by atoms with Crippen LogP contribution in [0, 0.1) is 0 Å². The molecular formula is C31H49NO7P+. The molecule has 1 aromatic carbocycles. The predicted octanol–water partition coefficient (Wildman–Crippen LogP) is 8.51. The number of unbranched alkanes of at least 4 members (excludes halogenated alkanes) is 13. The van der Waals surface area contributed by atoms with Crippen molar-refractivity contribution in [1.82, 2.24) is 4.90 Å². The van der Waals surface area contributed by atoms with Gasteiger partial charge in [0.05, 0.1) is 17.5 Å². The predicted molar refractivity (Wildman–Crippen MR) is 156 cm³/mol. The summed E-state index contributed by atoms with van der Waals surface area (Å²) in [6.45, 7) is 4.70. The summed E-state index contributed by atoms with van der Waals surface area (Å²) in [4.78, 5) is 37.9. The molecule has 1 heterocycles. The molecule has 224 valence electrons. The summed E-state index contributed by atoms with van der Waals surface area (Å²) >= 11 is 0. The van der Waals surface area contributed by atoms with Crippen molar-refractivity contribution in [3.63, 3.8) is 0 Å². The van der Waals surface area contributed by atoms with Crippen molar-refractivity contribution in [3.8, 4) is 0 Å². The summed E-state index contributed by atoms with van der Waals surface area (Å²) < 4.78 is 28.0. The number of nitrogens with zero attached hydrogens (tertiary/aromatic N) is 1. The molecule has 2 amide bonds. The van der Waals surface area contributed by atoms with Crippen LogP contribution in [-0.4, -0.2) is 42.1 Å². The molecule has 1 aliphatic heterocycles. The van der Waals surface area contributed by atoms with Crippen LogP contribution in [0.3, 0.4) is 0 Å². The number of benzene rings is 1. The maximum absolute atomic E-state index is 12.4. The van der Waals surface area contributed by atoms with Crippen molar-refractivity contribution in [1.29, 1.82) is 0 Å². The standard InChI is InChI=1S/C31H49NO7P/c1-3-5-6-7-8-9-10-11-12-13-14-15-16-19-25-37-29(4-2)39-40(36)38-28(33)23-20-24-32-30(34)26-21-17-18-22-27(26)31(32)35/h17-18,21-22,29H,3-16,19-20,23-25H2,1-2H3/q+1. The molecule has 1 aromatic rings. The topological polar surface area (TPSA) is 99.2 Å². The van der Waals surface area contributed by atoms with Crippen LogP contribution in [0.15, 0.2) is 24.3 Å². The largest absolute Gasteiger partial charge is 0.755 e. The molecule has 2 rings (SSSR count). The molecule has 0 fully saturated rings. The van der Waals surface area contributed by atoms with Crippen molar-refractivity contribution in [2.24, 2.45) is 0 Å². The van der Waals surface area contributed by atoms with Crippen LogP contribution in [-0.2, 0) is 23.1 Å². The van der Waals surface area contributed by atoms with Crippen molar-refractivity contribution in [2.45, 2.75) is 129 Å². The fourth-order valence-corrected chi connectivity index (χ4v) is 5.51. The summed E-state index contributed by atoms with van der Waals surface area (Å²) in [5, 5.41) is 0. The molecule has 0 saturated heterocycles. The van der Waals surface area contributed by atoms with Gasteiger partial charge in [-0.1, -0.05) is 114 Å². The smallest absolute Gasteiger partial charge is 0.348 e. The fourth-order valence-electron chi connectivity index (χ4n) is 4.80. The minimum absolute atomic E-state index is 0.0823. The molecular weight excluding hydrogens is 529 g/mol. The first-order chi connectivity index (χ1) is 19.5. The van der Waals surface area contributed by atoms with Crippen LogP contribution in [0.4, 0.5) is 0 Å². The van der Waals surface area contributed by atoms with Gasteiger partial charge in [-0.2, -0.15) is 4.52 Å². The second-order valence-electron chi connectivity index (χ2n) is 10.5. The first-order valence-electron chi connectivity index (χ1n) is 15.4. The minimum atomic E-state index is -2.66. The third-order valence-corrected chi connectivity index (χ3v) is 7.92. The van der Waals surface area contributed by atoms with Gasteiger partial charge in [-0.25, -0.2) is 4.79 Å². The number of fused-ring (bicyclic) bond motifs is 1. The summed E-state index contributed by atoms with van der Waals surface area (Å²) in [5.74, 6) is -1.45. The van der Waals surface area contributed by atoms with Gasteiger partial charge >= 0.3 is 14.2 Å². The van der Waals surface area contributed by atoms with Crippen LogP contribution in [0.25, 0.3) is 0 Å². The van der Waals surface area contributed by atoms with E-state index in [1.165, 1.54) is 77.0 Å². The van der Waals surface area contributed by atoms with Gasteiger partial charge in [-0.3, -0.25) is 14.5 Å². The Balaban J connectivity index is 1.45. The number of hydrogen-bond donors (Lipinski definition) is 0. The monoisotopic (exact) mass is 578 g/mol. The van der Waals surface area contributed by atoms with Crippen LogP contribution in [0.5, 0.6) is 0 Å². The summed E-state index contributed by atoms with van der Waals surface area (Å²) in [6, 6.07) is 6.62. The lowest BCUT2D eigenvalue weighted by Gasteiger charge is -2.12. The highest BCUT2D eigenvalue weighted by Gasteiger charge is 2.35. The Morgan fingerprint density at radius 1 is 0.775 bits per heavy atom. The molecule has 2 atom stereocenters. The highest BCUT2D eigenvalue weighted by Crippen LogP contribution is 2.29. The van der Waals surface area contributed by atoms with Gasteiger partial charge in [0.15, 0.2) is 0 Å². The Morgan fingerprint density at radius 3 is 1.77 bits per heavy atom. The zero-order valence-electron chi connectivity index (χ0n) is 24.6. The number of carbonyl (C=O) groups excluding carboxylic acids is 3. The normalized spacial score (nSPS) is 13.9. The van der Waals surface area contributed by atoms with Gasteiger partial charge in [0.2, 0.25) is 6.29 Å². The third-order valence-electron chi connectivity index (χ3n) is 7.16.